The largest absolute Gasteiger partial charge is 0.478 e. The van der Waals surface area contributed by atoms with Crippen molar-refractivity contribution in [1.82, 2.24) is 0 Å². The molecule has 5 heterocycles. The zero-order chi connectivity index (χ0) is 86.5. The molecule has 0 bridgehead atoms. The molecule has 12 nitrogen and oxygen atoms in total. The fourth-order valence-corrected chi connectivity index (χ4v) is 25.9. The first-order valence-electron chi connectivity index (χ1n) is 40.8. The number of hydrogen-bond acceptors (Lipinski definition) is 16. The Morgan fingerprint density at radius 3 is 0.983 bits per heavy atom. The SMILES string of the molecule is COC(=O)c1ccc(N(C)c2sc3c(c2C)C(C)(C)CCC3(C)C)cc1.COC(=O)c1ccc(N)cc1.COC(=O)c1ccc(Nc2sc3c(c2C)C(C)(C)CCC3(C)C)cc1.Cc1c(Br)sc2c1C(C)(C)CCC2(C)C.Cc1c(N(C)c2ccc(C(=O)O)cc2)sc2c1C(C)(C)CCC2(C)C.Cc1csc2c1C(C)(C)CCC2(C)C. The molecule has 18 heteroatoms. The zero-order valence-electron chi connectivity index (χ0n) is 75.1. The summed E-state index contributed by atoms with van der Waals surface area (Å²) in [6, 6.07) is 28.8. The molecule has 116 heavy (non-hydrogen) atoms. The number of hydrogen-bond donors (Lipinski definition) is 3. The Labute approximate surface area is 723 Å². The van der Waals surface area contributed by atoms with Crippen LogP contribution in [-0.2, 0) is 68.4 Å². The maximum atomic E-state index is 11.7. The minimum absolute atomic E-state index is 0.206. The highest BCUT2D eigenvalue weighted by Crippen LogP contribution is 2.59. The van der Waals surface area contributed by atoms with Crippen LogP contribution in [0.5, 0.6) is 0 Å². The number of nitrogens with two attached hydrogens (primary N) is 1. The Morgan fingerprint density at radius 2 is 0.664 bits per heavy atom. The summed E-state index contributed by atoms with van der Waals surface area (Å²) >= 11 is 13.3. The molecule has 0 saturated heterocycles. The van der Waals surface area contributed by atoms with Crippen LogP contribution in [0.4, 0.5) is 37.8 Å². The number of rotatable bonds is 10. The van der Waals surface area contributed by atoms with E-state index >= 15 is 0 Å². The molecule has 5 aromatic heterocycles. The van der Waals surface area contributed by atoms with E-state index in [0.29, 0.717) is 49.6 Å². The molecule has 5 aliphatic carbocycles. The maximum absolute atomic E-state index is 11.7. The highest BCUT2D eigenvalue weighted by Gasteiger charge is 2.46. The topological polar surface area (TPSA) is 161 Å². The van der Waals surface area contributed by atoms with E-state index in [1.807, 2.05) is 105 Å². The number of benzene rings is 4. The van der Waals surface area contributed by atoms with E-state index in [0.717, 1.165) is 17.1 Å². The monoisotopic (exact) mass is 1730 g/mol. The zero-order valence-corrected chi connectivity index (χ0v) is 80.8. The Morgan fingerprint density at radius 1 is 0.379 bits per heavy atom. The van der Waals surface area contributed by atoms with Gasteiger partial charge < -0.3 is 40.2 Å². The van der Waals surface area contributed by atoms with Crippen LogP contribution in [0.2, 0.25) is 0 Å². The van der Waals surface area contributed by atoms with Crippen LogP contribution in [-0.4, -0.2) is 64.4 Å². The number of carbonyl (C=O) groups is 4. The number of methoxy groups -OCH3 is 3. The third-order valence-corrected chi connectivity index (χ3v) is 34.5. The number of aromatic carboxylic acids is 1. The lowest BCUT2D eigenvalue weighted by molar-refractivity contribution is 0.0592. The smallest absolute Gasteiger partial charge is 0.337 e. The van der Waals surface area contributed by atoms with Gasteiger partial charge in [0.1, 0.15) is 0 Å². The second-order valence-corrected chi connectivity index (χ2v) is 45.5. The summed E-state index contributed by atoms with van der Waals surface area (Å²) in [5.41, 5.74) is 28.9. The Bertz CT molecular complexity index is 5030. The van der Waals surface area contributed by atoms with Gasteiger partial charge in [0.05, 0.1) is 62.4 Å². The third-order valence-electron chi connectivity index (χ3n) is 25.5. The number of ether oxygens (including phenoxy) is 3. The Balaban J connectivity index is 0.000000163. The standard InChI is InChI=1S/C22H29NO2S.2C21H27NO2S.C13H19BrS.C13H20S.C8H9NO2/c1-14-17-18(22(4,5)13-12-21(17,2)3)26-19(14)23(6)16-10-8-15(9-11-16)20(24)25-7;1-13-16-17(21(4,5)12-11-20(16,2)3)25-18(13)22-15-9-7-14(8-10-15)19(23)24-6;1-13-16-17(21(4,5)12-11-20(16,2)3)25-18(13)22(6)15-9-7-14(8-10-15)19(23)24;1-8-9-10(15-11(8)14)13(4,5)7-6-12(9,2)3;1-9-8-14-11-10(9)12(2,3)6-7-13(11,4)5;1-11-8(10)6-2-4-7(9)5-3-6/h8-11H,12-13H2,1-7H3;7-10,22H,11-12H2,1-6H3;7-10H,11-12H2,1-6H3,(H,23,24);6-7H2,1-5H3;8H,6-7H2,1-5H3;2-5H,9H2,1H3. The summed E-state index contributed by atoms with van der Waals surface area (Å²) in [6.07, 6.45) is 12.6. The van der Waals surface area contributed by atoms with Gasteiger partial charge >= 0.3 is 23.9 Å². The van der Waals surface area contributed by atoms with Gasteiger partial charge in [-0.25, -0.2) is 19.2 Å². The van der Waals surface area contributed by atoms with Gasteiger partial charge in [0, 0.05) is 61.2 Å². The first-order valence-corrected chi connectivity index (χ1v) is 45.8. The van der Waals surface area contributed by atoms with Crippen LogP contribution in [0.15, 0.2) is 106 Å². The summed E-state index contributed by atoms with van der Waals surface area (Å²) in [7, 11) is 8.33. The third kappa shape index (κ3) is 19.7. The van der Waals surface area contributed by atoms with Crippen molar-refractivity contribution in [2.24, 2.45) is 0 Å². The van der Waals surface area contributed by atoms with Crippen LogP contribution in [0, 0.1) is 34.6 Å². The van der Waals surface area contributed by atoms with Crippen molar-refractivity contribution >= 4 is 134 Å². The first-order chi connectivity index (χ1) is 53.6. The van der Waals surface area contributed by atoms with Crippen LogP contribution in [0.25, 0.3) is 0 Å². The molecule has 628 valence electrons. The number of fused-ring (bicyclic) bond motifs is 5. The van der Waals surface area contributed by atoms with E-state index in [1.54, 1.807) is 69.4 Å². The van der Waals surface area contributed by atoms with Gasteiger partial charge in [0.25, 0.3) is 0 Å². The molecule has 0 aliphatic heterocycles. The van der Waals surface area contributed by atoms with E-state index in [-0.39, 0.29) is 50.4 Å². The number of carbonyl (C=O) groups excluding carboxylic acids is 3. The molecule has 0 atom stereocenters. The molecule has 0 spiro atoms. The number of nitrogen functional groups attached to an aromatic ring is 1. The fourth-order valence-electron chi connectivity index (χ4n) is 17.7. The molecule has 0 unspecified atom stereocenters. The number of thiophene rings is 5. The lowest BCUT2D eigenvalue weighted by Gasteiger charge is -2.40. The molecule has 0 fully saturated rings. The Kier molecular flexibility index (Phi) is 28.0. The van der Waals surface area contributed by atoms with Crippen molar-refractivity contribution < 1.29 is 38.5 Å². The van der Waals surface area contributed by atoms with Crippen LogP contribution in [0.3, 0.4) is 0 Å². The van der Waals surface area contributed by atoms with Crippen molar-refractivity contribution in [2.45, 2.75) is 291 Å². The second-order valence-electron chi connectivity index (χ2n) is 39.2. The number of nitrogens with one attached hydrogen (secondary N) is 1. The van der Waals surface area contributed by atoms with Crippen LogP contribution < -0.4 is 20.9 Å². The van der Waals surface area contributed by atoms with Crippen LogP contribution >= 0.6 is 72.6 Å². The number of halogens is 1. The molecule has 0 radical (unpaired) electrons. The number of nitrogens with zero attached hydrogens (tertiary/aromatic N) is 2. The number of carboxylic acids is 1. The van der Waals surface area contributed by atoms with Crippen molar-refractivity contribution in [1.29, 1.82) is 0 Å². The molecular weight excluding hydrogens is 1600 g/mol. The van der Waals surface area contributed by atoms with E-state index in [2.05, 4.69) is 228 Å². The van der Waals surface area contributed by atoms with Gasteiger partial charge in [-0.3, -0.25) is 0 Å². The highest BCUT2D eigenvalue weighted by molar-refractivity contribution is 9.11. The number of esters is 3. The van der Waals surface area contributed by atoms with Gasteiger partial charge in [-0.2, -0.15) is 0 Å². The van der Waals surface area contributed by atoms with Gasteiger partial charge in [-0.05, 0) is 327 Å². The lowest BCUT2D eigenvalue weighted by atomic mass is 9.66. The highest BCUT2D eigenvalue weighted by atomic mass is 79.9. The van der Waals surface area contributed by atoms with Crippen LogP contribution in [0.1, 0.15) is 324 Å². The average molecular weight is 1730 g/mol. The molecule has 5 aliphatic rings. The number of anilines is 7. The van der Waals surface area contributed by atoms with E-state index in [9.17, 15) is 19.2 Å². The van der Waals surface area contributed by atoms with E-state index < -0.39 is 5.97 Å². The van der Waals surface area contributed by atoms with Crippen molar-refractivity contribution in [3.8, 4) is 0 Å². The summed E-state index contributed by atoms with van der Waals surface area (Å²) < 4.78 is 15.4. The summed E-state index contributed by atoms with van der Waals surface area (Å²) in [5, 5.41) is 18.7. The average Bonchev–Trinajstić information content (AvgIpc) is 1.58. The van der Waals surface area contributed by atoms with Gasteiger partial charge in [0.2, 0.25) is 0 Å². The number of aryl methyl sites for hydroxylation is 1. The molecular formula is C98H131BrN4O8S5. The molecule has 4 N–H and O–H groups in total. The minimum atomic E-state index is -0.888. The predicted molar refractivity (Wildman–Crippen MR) is 500 cm³/mol. The predicted octanol–water partition coefficient (Wildman–Crippen LogP) is 28.4. The minimum Gasteiger partial charge on any atom is -0.478 e. The van der Waals surface area contributed by atoms with Crippen molar-refractivity contribution in [3.63, 3.8) is 0 Å². The molecule has 0 amide bonds. The normalized spacial score (nSPS) is 18.2. The van der Waals surface area contributed by atoms with E-state index in [4.69, 9.17) is 20.3 Å². The fraction of sp³-hybridized carbons (Fsp3) is 0.510. The molecule has 14 rings (SSSR count). The lowest BCUT2D eigenvalue weighted by Crippen LogP contribution is -2.32. The van der Waals surface area contributed by atoms with Crippen molar-refractivity contribution in [2.75, 3.05) is 56.3 Å². The second kappa shape index (κ2) is 34.9. The molecule has 9 aromatic rings. The van der Waals surface area contributed by atoms with Gasteiger partial charge in [-0.15, -0.1) is 56.7 Å². The summed E-state index contributed by atoms with van der Waals surface area (Å²) in [5.74, 6) is -1.84. The summed E-state index contributed by atoms with van der Waals surface area (Å²) in [6.45, 7) is 58.6. The molecule has 4 aromatic carbocycles. The summed E-state index contributed by atoms with van der Waals surface area (Å²) in [4.78, 5) is 57.4. The van der Waals surface area contributed by atoms with E-state index in [1.165, 1.54) is 163 Å². The van der Waals surface area contributed by atoms with Gasteiger partial charge in [-0.1, -0.05) is 138 Å². The van der Waals surface area contributed by atoms with Crippen molar-refractivity contribution in [3.05, 3.63) is 209 Å². The van der Waals surface area contributed by atoms with Gasteiger partial charge in [0.15, 0.2) is 0 Å². The number of carboxylic acid groups (broad SMARTS) is 1. The Hall–Kier alpha value is -7.06. The quantitative estimate of drug-likeness (QED) is 0.0676. The maximum Gasteiger partial charge on any atom is 0.337 e. The molecule has 0 saturated carbocycles. The first kappa shape index (κ1) is 92.8.